The van der Waals surface area contributed by atoms with Crippen molar-refractivity contribution in [2.75, 3.05) is 0 Å². The Labute approximate surface area is 281 Å². The Kier molecular flexibility index (Phi) is 6.91. The lowest BCUT2D eigenvalue weighted by molar-refractivity contribution is 1.60. The quantitative estimate of drug-likeness (QED) is 0.171. The van der Waals surface area contributed by atoms with Crippen molar-refractivity contribution in [2.45, 2.75) is 0 Å². The smallest absolute Gasteiger partial charge is 0.00201 e. The summed E-state index contributed by atoms with van der Waals surface area (Å²) in [4.78, 5) is 0. The predicted molar refractivity (Wildman–Crippen MR) is 206 cm³/mol. The fraction of sp³-hybridized carbons (Fsp3) is 0. The van der Waals surface area contributed by atoms with Gasteiger partial charge in [0.05, 0.1) is 0 Å². The summed E-state index contributed by atoms with van der Waals surface area (Å²) < 4.78 is 0. The molecular weight excluding hydrogens is 577 g/mol. The monoisotopic (exact) mass is 608 g/mol. The van der Waals surface area contributed by atoms with E-state index in [1.54, 1.807) is 0 Å². The molecule has 0 heterocycles. The van der Waals surface area contributed by atoms with Crippen LogP contribution >= 0.6 is 0 Å². The van der Waals surface area contributed by atoms with E-state index >= 15 is 0 Å². The second-order valence-corrected chi connectivity index (χ2v) is 12.4. The first kappa shape index (κ1) is 28.0. The van der Waals surface area contributed by atoms with Gasteiger partial charge in [0, 0.05) is 0 Å². The van der Waals surface area contributed by atoms with Gasteiger partial charge in [-0.05, 0) is 94.0 Å². The minimum atomic E-state index is 1.22. The number of hydrogen-bond acceptors (Lipinski definition) is 0. The Balaban J connectivity index is 1.37. The maximum absolute atomic E-state index is 2.43. The standard InChI is InChI=1S/C48H32/c1-3-14-33(15-4-1)34-26-28-37(29-27-34)47-43-23-11-12-24-44(43)48(42-22-10-9-21-40(42)35-16-5-2-6-17-35)45-31-30-38(32-46(45)47)41-25-13-19-36-18-7-8-20-39(36)41/h1-32H. The van der Waals surface area contributed by atoms with Gasteiger partial charge in [-0.1, -0.05) is 188 Å². The molecule has 0 atom stereocenters. The van der Waals surface area contributed by atoms with Gasteiger partial charge >= 0.3 is 0 Å². The van der Waals surface area contributed by atoms with Crippen molar-refractivity contribution in [2.24, 2.45) is 0 Å². The average molecular weight is 609 g/mol. The average Bonchev–Trinajstić information content (AvgIpc) is 3.17. The van der Waals surface area contributed by atoms with Crippen molar-refractivity contribution in [1.29, 1.82) is 0 Å². The van der Waals surface area contributed by atoms with Crippen LogP contribution in [0, 0.1) is 0 Å². The van der Waals surface area contributed by atoms with E-state index in [2.05, 4.69) is 194 Å². The second kappa shape index (κ2) is 11.8. The normalized spacial score (nSPS) is 11.3. The molecule has 0 amide bonds. The van der Waals surface area contributed by atoms with Crippen molar-refractivity contribution in [1.82, 2.24) is 0 Å². The summed E-state index contributed by atoms with van der Waals surface area (Å²) in [5, 5.41) is 7.54. The van der Waals surface area contributed by atoms with Crippen molar-refractivity contribution in [3.63, 3.8) is 0 Å². The van der Waals surface area contributed by atoms with Gasteiger partial charge in [-0.3, -0.25) is 0 Å². The van der Waals surface area contributed by atoms with Gasteiger partial charge in [-0.25, -0.2) is 0 Å². The third-order valence-corrected chi connectivity index (χ3v) is 9.69. The largest absolute Gasteiger partial charge is 0.0622 e. The molecule has 0 saturated heterocycles. The van der Waals surface area contributed by atoms with E-state index in [9.17, 15) is 0 Å². The third kappa shape index (κ3) is 4.78. The van der Waals surface area contributed by atoms with Crippen LogP contribution in [0.3, 0.4) is 0 Å². The zero-order valence-electron chi connectivity index (χ0n) is 26.5. The predicted octanol–water partition coefficient (Wildman–Crippen LogP) is 13.5. The van der Waals surface area contributed by atoms with Crippen molar-refractivity contribution in [3.8, 4) is 55.6 Å². The van der Waals surface area contributed by atoms with E-state index in [1.165, 1.54) is 88.0 Å². The molecule has 0 heteroatoms. The highest BCUT2D eigenvalue weighted by molar-refractivity contribution is 6.23. The minimum Gasteiger partial charge on any atom is -0.0622 e. The number of rotatable bonds is 5. The van der Waals surface area contributed by atoms with Gasteiger partial charge in [0.2, 0.25) is 0 Å². The highest BCUT2D eigenvalue weighted by Gasteiger charge is 2.20. The van der Waals surface area contributed by atoms with Gasteiger partial charge in [-0.15, -0.1) is 0 Å². The number of benzene rings is 9. The van der Waals surface area contributed by atoms with Crippen LogP contribution < -0.4 is 0 Å². The summed E-state index contributed by atoms with van der Waals surface area (Å²) in [7, 11) is 0. The molecule has 224 valence electrons. The van der Waals surface area contributed by atoms with Crippen molar-refractivity contribution < 1.29 is 0 Å². The lowest BCUT2D eigenvalue weighted by atomic mass is 9.82. The van der Waals surface area contributed by atoms with Gasteiger partial charge < -0.3 is 0 Å². The molecule has 9 aromatic rings. The summed E-state index contributed by atoms with van der Waals surface area (Å²) >= 11 is 0. The van der Waals surface area contributed by atoms with Gasteiger partial charge in [0.1, 0.15) is 0 Å². The molecule has 9 rings (SSSR count). The minimum absolute atomic E-state index is 1.22. The molecule has 0 unspecified atom stereocenters. The summed E-state index contributed by atoms with van der Waals surface area (Å²) in [6.45, 7) is 0. The zero-order chi connectivity index (χ0) is 31.9. The van der Waals surface area contributed by atoms with E-state index in [1.807, 2.05) is 0 Å². The zero-order valence-corrected chi connectivity index (χ0v) is 26.5. The Morgan fingerprint density at radius 1 is 0.208 bits per heavy atom. The summed E-state index contributed by atoms with van der Waals surface area (Å²) in [5.74, 6) is 0. The lowest BCUT2D eigenvalue weighted by Gasteiger charge is -2.21. The van der Waals surface area contributed by atoms with Crippen LogP contribution in [0.15, 0.2) is 194 Å². The molecule has 0 nitrogen and oxygen atoms in total. The maximum Gasteiger partial charge on any atom is -0.00201 e. The van der Waals surface area contributed by atoms with Crippen LogP contribution in [-0.2, 0) is 0 Å². The number of hydrogen-bond donors (Lipinski definition) is 0. The van der Waals surface area contributed by atoms with Crippen LogP contribution in [0.25, 0.3) is 88.0 Å². The first-order chi connectivity index (χ1) is 23.8. The van der Waals surface area contributed by atoms with Crippen molar-refractivity contribution in [3.05, 3.63) is 194 Å². The molecule has 0 radical (unpaired) electrons. The SMILES string of the molecule is c1ccc(-c2ccc(-c3c4ccccc4c(-c4ccccc4-c4ccccc4)c4ccc(-c5cccc6ccccc56)cc34)cc2)cc1. The Bertz CT molecular complexity index is 2570. The molecule has 0 aliphatic heterocycles. The topological polar surface area (TPSA) is 0 Å². The Morgan fingerprint density at radius 2 is 0.688 bits per heavy atom. The van der Waals surface area contributed by atoms with Crippen LogP contribution in [-0.4, -0.2) is 0 Å². The number of fused-ring (bicyclic) bond motifs is 3. The molecule has 48 heavy (non-hydrogen) atoms. The molecule has 0 bridgehead atoms. The Hall–Kier alpha value is -6.24. The molecule has 0 spiro atoms. The second-order valence-electron chi connectivity index (χ2n) is 12.4. The molecule has 0 fully saturated rings. The third-order valence-electron chi connectivity index (χ3n) is 9.69. The first-order valence-corrected chi connectivity index (χ1v) is 16.6. The highest BCUT2D eigenvalue weighted by Crippen LogP contribution is 2.47. The molecule has 0 aliphatic carbocycles. The summed E-state index contributed by atoms with van der Waals surface area (Å²) in [6, 6.07) is 70.7. The van der Waals surface area contributed by atoms with Crippen LogP contribution in [0.2, 0.25) is 0 Å². The molecule has 0 aromatic heterocycles. The molecule has 0 aliphatic rings. The van der Waals surface area contributed by atoms with Gasteiger partial charge in [0.25, 0.3) is 0 Å². The van der Waals surface area contributed by atoms with E-state index in [-0.39, 0.29) is 0 Å². The van der Waals surface area contributed by atoms with Crippen molar-refractivity contribution >= 4 is 32.3 Å². The molecule has 0 saturated carbocycles. The van der Waals surface area contributed by atoms with E-state index in [0.717, 1.165) is 0 Å². The van der Waals surface area contributed by atoms with Crippen LogP contribution in [0.4, 0.5) is 0 Å². The van der Waals surface area contributed by atoms with Gasteiger partial charge in [0.15, 0.2) is 0 Å². The summed E-state index contributed by atoms with van der Waals surface area (Å²) in [6.07, 6.45) is 0. The fourth-order valence-corrected chi connectivity index (χ4v) is 7.45. The molecular formula is C48H32. The first-order valence-electron chi connectivity index (χ1n) is 16.6. The lowest BCUT2D eigenvalue weighted by Crippen LogP contribution is -1.93. The van der Waals surface area contributed by atoms with Crippen LogP contribution in [0.1, 0.15) is 0 Å². The fourth-order valence-electron chi connectivity index (χ4n) is 7.45. The maximum atomic E-state index is 2.43. The summed E-state index contributed by atoms with van der Waals surface area (Å²) in [5.41, 5.74) is 12.4. The van der Waals surface area contributed by atoms with E-state index in [0.29, 0.717) is 0 Å². The highest BCUT2D eigenvalue weighted by atomic mass is 14.2. The van der Waals surface area contributed by atoms with Gasteiger partial charge in [-0.2, -0.15) is 0 Å². The molecule has 0 N–H and O–H groups in total. The van der Waals surface area contributed by atoms with E-state index in [4.69, 9.17) is 0 Å². The van der Waals surface area contributed by atoms with Crippen LogP contribution in [0.5, 0.6) is 0 Å². The van der Waals surface area contributed by atoms with E-state index < -0.39 is 0 Å². The molecule has 9 aromatic carbocycles. The Morgan fingerprint density at radius 3 is 1.44 bits per heavy atom.